The van der Waals surface area contributed by atoms with Crippen LogP contribution in [0.3, 0.4) is 0 Å². The number of benzene rings is 1. The third kappa shape index (κ3) is 4.49. The van der Waals surface area contributed by atoms with E-state index in [1.165, 1.54) is 13.4 Å². The summed E-state index contributed by atoms with van der Waals surface area (Å²) >= 11 is 3.42. The molecular formula is C21H21BrN4O5. The summed E-state index contributed by atoms with van der Waals surface area (Å²) in [5.41, 5.74) is 1.29. The van der Waals surface area contributed by atoms with Crippen LogP contribution in [-0.4, -0.2) is 72.4 Å². The molecule has 0 spiro atoms. The summed E-state index contributed by atoms with van der Waals surface area (Å²) in [7, 11) is 1.29. The van der Waals surface area contributed by atoms with Crippen molar-refractivity contribution in [3.8, 4) is 0 Å². The fraction of sp³-hybridized carbons (Fsp3) is 0.286. The van der Waals surface area contributed by atoms with Crippen molar-refractivity contribution < 1.29 is 23.5 Å². The number of esters is 1. The molecule has 0 atom stereocenters. The molecule has 31 heavy (non-hydrogen) atoms. The van der Waals surface area contributed by atoms with E-state index in [2.05, 4.69) is 26.2 Å². The van der Waals surface area contributed by atoms with E-state index in [0.717, 1.165) is 4.47 Å². The molecule has 162 valence electrons. The minimum atomic E-state index is -0.562. The first kappa shape index (κ1) is 21.1. The van der Waals surface area contributed by atoms with E-state index in [1.54, 1.807) is 17.0 Å². The molecule has 0 bridgehead atoms. The predicted octanol–water partition coefficient (Wildman–Crippen LogP) is 2.71. The number of halogens is 1. The zero-order valence-electron chi connectivity index (χ0n) is 16.8. The Balaban J connectivity index is 1.41. The summed E-state index contributed by atoms with van der Waals surface area (Å²) in [5, 5.41) is 3.56. The molecule has 0 radical (unpaired) electrons. The van der Waals surface area contributed by atoms with E-state index in [4.69, 9.17) is 9.15 Å². The molecule has 9 nitrogen and oxygen atoms in total. The number of H-pyrrole nitrogens is 1. The fourth-order valence-corrected chi connectivity index (χ4v) is 3.96. The van der Waals surface area contributed by atoms with E-state index in [9.17, 15) is 14.4 Å². The number of amides is 2. The lowest BCUT2D eigenvalue weighted by Gasteiger charge is -2.33. The van der Waals surface area contributed by atoms with Gasteiger partial charge in [-0.1, -0.05) is 15.9 Å². The van der Waals surface area contributed by atoms with Gasteiger partial charge < -0.3 is 24.4 Å². The molecule has 3 heterocycles. The van der Waals surface area contributed by atoms with Crippen molar-refractivity contribution in [1.82, 2.24) is 14.8 Å². The Labute approximate surface area is 186 Å². The number of piperazine rings is 1. The summed E-state index contributed by atoms with van der Waals surface area (Å²) in [5.74, 6) is -0.655. The van der Waals surface area contributed by atoms with Crippen LogP contribution in [0, 0.1) is 0 Å². The van der Waals surface area contributed by atoms with Gasteiger partial charge in [-0.05, 0) is 30.3 Å². The molecule has 1 aliphatic rings. The van der Waals surface area contributed by atoms with E-state index in [1.807, 2.05) is 23.1 Å². The fourth-order valence-electron chi connectivity index (χ4n) is 3.60. The number of methoxy groups -OCH3 is 1. The number of hydrogen-bond donors (Lipinski definition) is 2. The molecule has 0 aliphatic carbocycles. The highest BCUT2D eigenvalue weighted by Gasteiger charge is 2.26. The van der Waals surface area contributed by atoms with Gasteiger partial charge in [0.1, 0.15) is 5.69 Å². The first-order valence-corrected chi connectivity index (χ1v) is 10.5. The standard InChI is InChI=1S/C21H21BrN4O5/c1-30-21(29)19-18(14-11-13(22)4-5-15(14)23-19)24-17(27)12-25-6-8-26(9-7-25)20(28)16-3-2-10-31-16/h2-5,10-11,23H,6-9,12H2,1H3,(H,24,27). The molecule has 0 saturated carbocycles. The van der Waals surface area contributed by atoms with E-state index < -0.39 is 5.97 Å². The number of carbonyl (C=O) groups is 3. The Kier molecular flexibility index (Phi) is 6.10. The van der Waals surface area contributed by atoms with Crippen LogP contribution in [0.4, 0.5) is 5.69 Å². The van der Waals surface area contributed by atoms with Crippen molar-refractivity contribution in [2.75, 3.05) is 45.2 Å². The second-order valence-electron chi connectivity index (χ2n) is 7.15. The molecule has 1 fully saturated rings. The van der Waals surface area contributed by atoms with Crippen molar-refractivity contribution in [2.45, 2.75) is 0 Å². The lowest BCUT2D eigenvalue weighted by Crippen LogP contribution is -2.50. The minimum Gasteiger partial charge on any atom is -0.464 e. The number of rotatable bonds is 5. The zero-order chi connectivity index (χ0) is 22.0. The molecular weight excluding hydrogens is 468 g/mol. The SMILES string of the molecule is COC(=O)c1[nH]c2ccc(Br)cc2c1NC(=O)CN1CCN(C(=O)c2ccco2)CC1. The van der Waals surface area contributed by atoms with Crippen molar-refractivity contribution in [3.63, 3.8) is 0 Å². The summed E-state index contributed by atoms with van der Waals surface area (Å²) < 4.78 is 10.8. The average molecular weight is 489 g/mol. The zero-order valence-corrected chi connectivity index (χ0v) is 18.4. The number of furan rings is 1. The quantitative estimate of drug-likeness (QED) is 0.534. The summed E-state index contributed by atoms with van der Waals surface area (Å²) in [6.07, 6.45) is 1.47. The Bertz CT molecular complexity index is 1120. The molecule has 1 aromatic carbocycles. The summed E-state index contributed by atoms with van der Waals surface area (Å²) in [6, 6.07) is 8.80. The number of hydrogen-bond acceptors (Lipinski definition) is 6. The highest BCUT2D eigenvalue weighted by atomic mass is 79.9. The predicted molar refractivity (Wildman–Crippen MR) is 117 cm³/mol. The Morgan fingerprint density at radius 2 is 1.97 bits per heavy atom. The molecule has 0 unspecified atom stereocenters. The number of anilines is 1. The number of ether oxygens (including phenoxy) is 1. The first-order valence-electron chi connectivity index (χ1n) is 9.71. The largest absolute Gasteiger partial charge is 0.464 e. The van der Waals surface area contributed by atoms with Gasteiger partial charge in [-0.2, -0.15) is 0 Å². The topological polar surface area (TPSA) is 108 Å². The van der Waals surface area contributed by atoms with Crippen LogP contribution < -0.4 is 5.32 Å². The van der Waals surface area contributed by atoms with Gasteiger partial charge in [-0.3, -0.25) is 14.5 Å². The molecule has 1 saturated heterocycles. The lowest BCUT2D eigenvalue weighted by molar-refractivity contribution is -0.117. The molecule has 4 rings (SSSR count). The number of aromatic amines is 1. The maximum Gasteiger partial charge on any atom is 0.356 e. The van der Waals surface area contributed by atoms with Crippen LogP contribution in [0.2, 0.25) is 0 Å². The molecule has 2 N–H and O–H groups in total. The Morgan fingerprint density at radius 3 is 2.65 bits per heavy atom. The second-order valence-corrected chi connectivity index (χ2v) is 8.07. The van der Waals surface area contributed by atoms with Crippen molar-refractivity contribution >= 4 is 50.3 Å². The monoisotopic (exact) mass is 488 g/mol. The van der Waals surface area contributed by atoms with Gasteiger partial charge in [0.15, 0.2) is 5.76 Å². The van der Waals surface area contributed by atoms with Crippen LogP contribution in [0.5, 0.6) is 0 Å². The van der Waals surface area contributed by atoms with Crippen molar-refractivity contribution in [1.29, 1.82) is 0 Å². The van der Waals surface area contributed by atoms with Gasteiger partial charge in [0.25, 0.3) is 5.91 Å². The van der Waals surface area contributed by atoms with E-state index >= 15 is 0 Å². The smallest absolute Gasteiger partial charge is 0.356 e. The highest BCUT2D eigenvalue weighted by Crippen LogP contribution is 2.30. The second kappa shape index (κ2) is 8.94. The van der Waals surface area contributed by atoms with Gasteiger partial charge in [0, 0.05) is 41.6 Å². The third-order valence-corrected chi connectivity index (χ3v) is 5.67. The van der Waals surface area contributed by atoms with Crippen molar-refractivity contribution in [3.05, 3.63) is 52.5 Å². The van der Waals surface area contributed by atoms with E-state index in [-0.39, 0.29) is 24.1 Å². The maximum absolute atomic E-state index is 12.7. The molecule has 1 aliphatic heterocycles. The number of aromatic nitrogens is 1. The molecule has 2 amide bonds. The summed E-state index contributed by atoms with van der Waals surface area (Å²) in [6.45, 7) is 2.26. The van der Waals surface area contributed by atoms with E-state index in [0.29, 0.717) is 48.5 Å². The number of nitrogens with zero attached hydrogens (tertiary/aromatic N) is 2. The molecule has 10 heteroatoms. The van der Waals surface area contributed by atoms with Gasteiger partial charge in [-0.25, -0.2) is 4.79 Å². The van der Waals surface area contributed by atoms with Crippen LogP contribution >= 0.6 is 15.9 Å². The minimum absolute atomic E-state index is 0.143. The lowest BCUT2D eigenvalue weighted by atomic mass is 10.2. The highest BCUT2D eigenvalue weighted by molar-refractivity contribution is 9.10. The van der Waals surface area contributed by atoms with Crippen LogP contribution in [-0.2, 0) is 9.53 Å². The van der Waals surface area contributed by atoms with Gasteiger partial charge in [0.2, 0.25) is 5.91 Å². The first-order chi connectivity index (χ1) is 15.0. The Morgan fingerprint density at radius 1 is 1.19 bits per heavy atom. The maximum atomic E-state index is 12.7. The van der Waals surface area contributed by atoms with Crippen LogP contribution in [0.15, 0.2) is 45.5 Å². The van der Waals surface area contributed by atoms with Gasteiger partial charge in [0.05, 0.1) is 25.6 Å². The number of nitrogens with one attached hydrogen (secondary N) is 2. The van der Waals surface area contributed by atoms with Crippen LogP contribution in [0.25, 0.3) is 10.9 Å². The van der Waals surface area contributed by atoms with Gasteiger partial charge in [-0.15, -0.1) is 0 Å². The third-order valence-electron chi connectivity index (χ3n) is 5.17. The molecule has 3 aromatic rings. The number of fused-ring (bicyclic) bond motifs is 1. The van der Waals surface area contributed by atoms with Crippen molar-refractivity contribution in [2.24, 2.45) is 0 Å². The molecule has 2 aromatic heterocycles. The van der Waals surface area contributed by atoms with Gasteiger partial charge >= 0.3 is 5.97 Å². The summed E-state index contributed by atoms with van der Waals surface area (Å²) in [4.78, 5) is 44.0. The Hall–Kier alpha value is -3.11. The van der Waals surface area contributed by atoms with Crippen LogP contribution in [0.1, 0.15) is 21.0 Å². The normalized spacial score (nSPS) is 14.6. The number of carbonyl (C=O) groups excluding carboxylic acids is 3. The average Bonchev–Trinajstić information content (AvgIpc) is 3.42.